The van der Waals surface area contributed by atoms with E-state index >= 15 is 0 Å². The maximum absolute atomic E-state index is 12.2. The van der Waals surface area contributed by atoms with Gasteiger partial charge in [0.25, 0.3) is 0 Å². The summed E-state index contributed by atoms with van der Waals surface area (Å²) in [6, 6.07) is 7.92. The Labute approximate surface area is 137 Å². The lowest BCUT2D eigenvalue weighted by Gasteiger charge is -2.23. The summed E-state index contributed by atoms with van der Waals surface area (Å²) in [5.41, 5.74) is 0.742. The van der Waals surface area contributed by atoms with Crippen molar-refractivity contribution in [3.05, 3.63) is 24.3 Å². The molecule has 2 aliphatic heterocycles. The highest BCUT2D eigenvalue weighted by Crippen LogP contribution is 2.25. The second-order valence-electron chi connectivity index (χ2n) is 6.34. The first-order valence-corrected chi connectivity index (χ1v) is 8.68. The monoisotopic (exact) mass is 318 g/mol. The number of ether oxygens (including phenoxy) is 2. The predicted octanol–water partition coefficient (Wildman–Crippen LogP) is 2.72. The van der Waals surface area contributed by atoms with Crippen LogP contribution in [0.2, 0.25) is 0 Å². The van der Waals surface area contributed by atoms with Crippen molar-refractivity contribution in [3.8, 4) is 5.75 Å². The molecule has 0 spiro atoms. The van der Waals surface area contributed by atoms with E-state index in [0.29, 0.717) is 19.1 Å². The molecule has 0 saturated carbocycles. The molecule has 2 atom stereocenters. The third kappa shape index (κ3) is 4.94. The van der Waals surface area contributed by atoms with Gasteiger partial charge < -0.3 is 20.1 Å². The topological polar surface area (TPSA) is 59.6 Å². The Morgan fingerprint density at radius 3 is 2.96 bits per heavy atom. The van der Waals surface area contributed by atoms with Crippen molar-refractivity contribution in [2.45, 2.75) is 50.7 Å². The van der Waals surface area contributed by atoms with Gasteiger partial charge in [-0.05, 0) is 50.8 Å². The van der Waals surface area contributed by atoms with E-state index in [0.717, 1.165) is 50.3 Å². The molecule has 1 aromatic carbocycles. The molecule has 0 aliphatic carbocycles. The minimum absolute atomic E-state index is 0.0365. The zero-order chi connectivity index (χ0) is 15.9. The number of amides is 1. The minimum atomic E-state index is 0.0365. The van der Waals surface area contributed by atoms with Crippen LogP contribution >= 0.6 is 0 Å². The van der Waals surface area contributed by atoms with Gasteiger partial charge >= 0.3 is 0 Å². The number of nitrogens with one attached hydrogen (secondary N) is 2. The number of carbonyl (C=O) groups is 1. The van der Waals surface area contributed by atoms with Gasteiger partial charge in [0.1, 0.15) is 12.4 Å². The van der Waals surface area contributed by atoms with Crippen LogP contribution in [0.5, 0.6) is 5.75 Å². The quantitative estimate of drug-likeness (QED) is 0.847. The largest absolute Gasteiger partial charge is 0.489 e. The van der Waals surface area contributed by atoms with Gasteiger partial charge in [0.2, 0.25) is 5.91 Å². The average molecular weight is 318 g/mol. The Bertz CT molecular complexity index is 509. The van der Waals surface area contributed by atoms with Crippen molar-refractivity contribution < 1.29 is 14.3 Å². The van der Waals surface area contributed by atoms with Crippen LogP contribution in [0, 0.1) is 0 Å². The van der Waals surface area contributed by atoms with E-state index < -0.39 is 0 Å². The Morgan fingerprint density at radius 1 is 1.26 bits per heavy atom. The molecule has 5 nitrogen and oxygen atoms in total. The van der Waals surface area contributed by atoms with Crippen molar-refractivity contribution in [2.24, 2.45) is 0 Å². The number of rotatable bonds is 6. The van der Waals surface area contributed by atoms with Crippen molar-refractivity contribution in [1.82, 2.24) is 5.32 Å². The summed E-state index contributed by atoms with van der Waals surface area (Å²) in [6.07, 6.45) is 6.28. The molecule has 0 bridgehead atoms. The van der Waals surface area contributed by atoms with Crippen molar-refractivity contribution in [1.29, 1.82) is 0 Å². The van der Waals surface area contributed by atoms with Gasteiger partial charge in [-0.1, -0.05) is 12.1 Å². The van der Waals surface area contributed by atoms with E-state index in [1.165, 1.54) is 6.42 Å². The number of benzene rings is 1. The van der Waals surface area contributed by atoms with Gasteiger partial charge in [0.05, 0.1) is 11.8 Å². The van der Waals surface area contributed by atoms with Crippen molar-refractivity contribution in [3.63, 3.8) is 0 Å². The Morgan fingerprint density at radius 2 is 2.17 bits per heavy atom. The lowest BCUT2D eigenvalue weighted by Crippen LogP contribution is -2.28. The molecule has 0 radical (unpaired) electrons. The molecule has 2 saturated heterocycles. The zero-order valence-corrected chi connectivity index (χ0v) is 13.6. The number of hydrogen-bond acceptors (Lipinski definition) is 4. The fourth-order valence-electron chi connectivity index (χ4n) is 3.17. The second-order valence-corrected chi connectivity index (χ2v) is 6.34. The van der Waals surface area contributed by atoms with Crippen LogP contribution in [0.25, 0.3) is 0 Å². The third-order valence-electron chi connectivity index (χ3n) is 4.45. The average Bonchev–Trinajstić information content (AvgIpc) is 3.08. The molecule has 126 valence electrons. The molecule has 2 N–H and O–H groups in total. The van der Waals surface area contributed by atoms with Gasteiger partial charge in [-0.3, -0.25) is 4.79 Å². The molecule has 5 heteroatoms. The lowest BCUT2D eigenvalue weighted by molar-refractivity contribution is -0.116. The first kappa shape index (κ1) is 16.3. The SMILES string of the molecule is O=C(CC1CCCN1)Nc1ccccc1OCC1CCCCO1. The van der Waals surface area contributed by atoms with Gasteiger partial charge in [-0.15, -0.1) is 0 Å². The Kier molecular flexibility index (Phi) is 5.88. The summed E-state index contributed by atoms with van der Waals surface area (Å²) in [7, 11) is 0. The summed E-state index contributed by atoms with van der Waals surface area (Å²) in [6.45, 7) is 2.37. The van der Waals surface area contributed by atoms with Crippen LogP contribution in [-0.2, 0) is 9.53 Å². The smallest absolute Gasteiger partial charge is 0.226 e. The van der Waals surface area contributed by atoms with E-state index in [2.05, 4.69) is 10.6 Å². The van der Waals surface area contributed by atoms with Crippen LogP contribution in [0.15, 0.2) is 24.3 Å². The molecular weight excluding hydrogens is 292 g/mol. The molecule has 2 fully saturated rings. The predicted molar refractivity (Wildman–Crippen MR) is 89.8 cm³/mol. The summed E-state index contributed by atoms with van der Waals surface area (Å²) < 4.78 is 11.6. The minimum Gasteiger partial charge on any atom is -0.489 e. The maximum atomic E-state index is 12.2. The van der Waals surface area contributed by atoms with E-state index in [1.807, 2.05) is 24.3 Å². The third-order valence-corrected chi connectivity index (χ3v) is 4.45. The van der Waals surface area contributed by atoms with Crippen molar-refractivity contribution in [2.75, 3.05) is 25.1 Å². The summed E-state index contributed by atoms with van der Waals surface area (Å²) in [4.78, 5) is 12.2. The number of anilines is 1. The molecule has 0 aromatic heterocycles. The normalized spacial score (nSPS) is 24.3. The highest BCUT2D eigenvalue weighted by molar-refractivity contribution is 5.92. The van der Waals surface area contributed by atoms with E-state index in [1.54, 1.807) is 0 Å². The first-order chi connectivity index (χ1) is 11.3. The maximum Gasteiger partial charge on any atom is 0.226 e. The number of carbonyl (C=O) groups excluding carboxylic acids is 1. The van der Waals surface area contributed by atoms with Gasteiger partial charge in [-0.25, -0.2) is 0 Å². The number of para-hydroxylation sites is 2. The molecule has 1 aromatic rings. The molecule has 2 heterocycles. The fourth-order valence-corrected chi connectivity index (χ4v) is 3.17. The summed E-state index contributed by atoms with van der Waals surface area (Å²) in [5.74, 6) is 0.753. The Hall–Kier alpha value is -1.59. The first-order valence-electron chi connectivity index (χ1n) is 8.68. The summed E-state index contributed by atoms with van der Waals surface area (Å²) in [5, 5.41) is 6.33. The van der Waals surface area contributed by atoms with Crippen LogP contribution in [-0.4, -0.2) is 37.8 Å². The zero-order valence-electron chi connectivity index (χ0n) is 13.6. The molecule has 2 unspecified atom stereocenters. The Balaban J connectivity index is 1.52. The molecule has 3 rings (SSSR count). The van der Waals surface area contributed by atoms with Gasteiger partial charge in [0.15, 0.2) is 0 Å². The highest BCUT2D eigenvalue weighted by atomic mass is 16.5. The van der Waals surface area contributed by atoms with E-state index in [4.69, 9.17) is 9.47 Å². The van der Waals surface area contributed by atoms with Gasteiger partial charge in [0, 0.05) is 19.1 Å². The van der Waals surface area contributed by atoms with Crippen molar-refractivity contribution >= 4 is 11.6 Å². The van der Waals surface area contributed by atoms with Crippen LogP contribution in [0.1, 0.15) is 38.5 Å². The second kappa shape index (κ2) is 8.31. The molecular formula is C18H26N2O3. The van der Waals surface area contributed by atoms with Gasteiger partial charge in [-0.2, -0.15) is 0 Å². The van der Waals surface area contributed by atoms with E-state index in [-0.39, 0.29) is 12.0 Å². The summed E-state index contributed by atoms with van der Waals surface area (Å²) >= 11 is 0. The molecule has 2 aliphatic rings. The van der Waals surface area contributed by atoms with Crippen LogP contribution in [0.4, 0.5) is 5.69 Å². The standard InChI is InChI=1S/C18H26N2O3/c21-18(12-14-6-5-10-19-14)20-16-8-1-2-9-17(16)23-13-15-7-3-4-11-22-15/h1-2,8-9,14-15,19H,3-7,10-13H2,(H,20,21). The highest BCUT2D eigenvalue weighted by Gasteiger charge is 2.19. The fraction of sp³-hybridized carbons (Fsp3) is 0.611. The lowest BCUT2D eigenvalue weighted by atomic mass is 10.1. The number of hydrogen-bond donors (Lipinski definition) is 2. The molecule has 1 amide bonds. The van der Waals surface area contributed by atoms with E-state index in [9.17, 15) is 4.79 Å². The van der Waals surface area contributed by atoms with Crippen LogP contribution in [0.3, 0.4) is 0 Å². The van der Waals surface area contributed by atoms with Crippen LogP contribution < -0.4 is 15.4 Å². The molecule has 23 heavy (non-hydrogen) atoms.